The van der Waals surface area contributed by atoms with Crippen LogP contribution in [0.4, 0.5) is 11.4 Å². The Morgan fingerprint density at radius 2 is 1.69 bits per heavy atom. The van der Waals surface area contributed by atoms with Crippen molar-refractivity contribution < 1.29 is 34.9 Å². The van der Waals surface area contributed by atoms with E-state index in [-0.39, 0.29) is 40.8 Å². The Balaban J connectivity index is 0.00000306. The molecule has 12 nitrogen and oxygen atoms in total. The third kappa shape index (κ3) is 7.55. The van der Waals surface area contributed by atoms with Crippen molar-refractivity contribution in [3.05, 3.63) is 57.6 Å². The summed E-state index contributed by atoms with van der Waals surface area (Å²) in [4.78, 5) is 34.4. The van der Waals surface area contributed by atoms with E-state index in [2.05, 4.69) is 16.0 Å². The second-order valence-electron chi connectivity index (χ2n) is 7.84. The van der Waals surface area contributed by atoms with Gasteiger partial charge in [0.2, 0.25) is 6.41 Å². The lowest BCUT2D eigenvalue weighted by atomic mass is 9.91. The third-order valence-electron chi connectivity index (χ3n) is 5.75. The molecular formula is C23H32N4O8. The van der Waals surface area contributed by atoms with Crippen LogP contribution >= 0.6 is 0 Å². The van der Waals surface area contributed by atoms with Gasteiger partial charge in [-0.2, -0.15) is 0 Å². The first kappa shape index (κ1) is 29.1. The van der Waals surface area contributed by atoms with Crippen LogP contribution in [-0.2, 0) is 11.3 Å². The molecule has 2 aromatic carbocycles. The topological polar surface area (TPSA) is 195 Å². The molecule has 12 heteroatoms. The average Bonchev–Trinajstić information content (AvgIpc) is 2.83. The first-order valence-corrected chi connectivity index (χ1v) is 10.7. The Bertz CT molecular complexity index is 1010. The van der Waals surface area contributed by atoms with Gasteiger partial charge in [0.05, 0.1) is 24.7 Å². The number of hydrogen-bond donors (Lipinski definition) is 3. The van der Waals surface area contributed by atoms with Gasteiger partial charge in [0.1, 0.15) is 0 Å². The number of non-ortho nitro benzene ring substituents is 1. The van der Waals surface area contributed by atoms with Crippen molar-refractivity contribution in [3.63, 3.8) is 0 Å². The SMILES string of the molecule is COc1ccc(CNC(=O)c2cc([N+](=O)[O-])ccc2NC2CCC(NC=O)CC2)cc1OC.O.O. The molecule has 0 saturated heterocycles. The fourth-order valence-corrected chi connectivity index (χ4v) is 3.95. The maximum Gasteiger partial charge on any atom is 0.270 e. The molecule has 1 aliphatic carbocycles. The smallest absolute Gasteiger partial charge is 0.270 e. The lowest BCUT2D eigenvalue weighted by Crippen LogP contribution is -2.36. The number of ether oxygens (including phenoxy) is 2. The fourth-order valence-electron chi connectivity index (χ4n) is 3.95. The zero-order chi connectivity index (χ0) is 23.8. The van der Waals surface area contributed by atoms with E-state index in [0.29, 0.717) is 17.2 Å². The summed E-state index contributed by atoms with van der Waals surface area (Å²) in [5.74, 6) is 0.699. The average molecular weight is 493 g/mol. The molecule has 0 unspecified atom stereocenters. The van der Waals surface area contributed by atoms with E-state index in [1.54, 1.807) is 31.4 Å². The fraction of sp³-hybridized carbons (Fsp3) is 0.391. The molecule has 1 aliphatic rings. The predicted octanol–water partition coefficient (Wildman–Crippen LogP) is 1.36. The molecule has 0 radical (unpaired) electrons. The second-order valence-corrected chi connectivity index (χ2v) is 7.84. The van der Waals surface area contributed by atoms with Crippen LogP contribution < -0.4 is 25.4 Å². The zero-order valence-electron chi connectivity index (χ0n) is 19.6. The molecule has 0 atom stereocenters. The number of nitro benzene ring substituents is 1. The van der Waals surface area contributed by atoms with E-state index >= 15 is 0 Å². The quantitative estimate of drug-likeness (QED) is 0.253. The lowest BCUT2D eigenvalue weighted by Gasteiger charge is -2.29. The van der Waals surface area contributed by atoms with Gasteiger partial charge < -0.3 is 36.4 Å². The second kappa shape index (κ2) is 13.7. The molecule has 2 amide bonds. The normalized spacial score (nSPS) is 16.5. The number of nitrogens with one attached hydrogen (secondary N) is 3. The van der Waals surface area contributed by atoms with E-state index in [1.165, 1.54) is 19.2 Å². The van der Waals surface area contributed by atoms with Crippen LogP contribution in [0.1, 0.15) is 41.6 Å². The minimum Gasteiger partial charge on any atom is -0.493 e. The van der Waals surface area contributed by atoms with Crippen molar-refractivity contribution in [3.8, 4) is 11.5 Å². The minimum absolute atomic E-state index is 0. The number of carbonyl (C=O) groups is 2. The van der Waals surface area contributed by atoms with Crippen molar-refractivity contribution in [1.82, 2.24) is 10.6 Å². The molecule has 192 valence electrons. The Labute approximate surface area is 202 Å². The Hall–Kier alpha value is -3.90. The molecule has 2 aromatic rings. The molecule has 1 saturated carbocycles. The van der Waals surface area contributed by atoms with Gasteiger partial charge in [0, 0.05) is 36.4 Å². The molecule has 3 rings (SSSR count). The summed E-state index contributed by atoms with van der Waals surface area (Å²) in [6.45, 7) is 0.212. The molecule has 35 heavy (non-hydrogen) atoms. The van der Waals surface area contributed by atoms with Crippen molar-refractivity contribution in [2.45, 2.75) is 44.3 Å². The number of benzene rings is 2. The van der Waals surface area contributed by atoms with Crippen LogP contribution in [0, 0.1) is 10.1 Å². The van der Waals surface area contributed by atoms with Crippen molar-refractivity contribution >= 4 is 23.7 Å². The number of anilines is 1. The number of methoxy groups -OCH3 is 2. The summed E-state index contributed by atoms with van der Waals surface area (Å²) in [5.41, 5.74) is 1.38. The molecule has 0 bridgehead atoms. The monoisotopic (exact) mass is 492 g/mol. The van der Waals surface area contributed by atoms with Crippen LogP contribution in [0.5, 0.6) is 11.5 Å². The van der Waals surface area contributed by atoms with Gasteiger partial charge in [-0.05, 0) is 49.4 Å². The highest BCUT2D eigenvalue weighted by molar-refractivity contribution is 6.00. The number of nitro groups is 1. The number of rotatable bonds is 10. The Kier molecular flexibility index (Phi) is 11.4. The largest absolute Gasteiger partial charge is 0.493 e. The van der Waals surface area contributed by atoms with Crippen molar-refractivity contribution in [1.29, 1.82) is 0 Å². The zero-order valence-corrected chi connectivity index (χ0v) is 19.6. The van der Waals surface area contributed by atoms with Gasteiger partial charge in [-0.3, -0.25) is 19.7 Å². The summed E-state index contributed by atoms with van der Waals surface area (Å²) in [5, 5.41) is 20.3. The molecule has 0 aromatic heterocycles. The van der Waals surface area contributed by atoms with E-state index in [1.807, 2.05) is 0 Å². The van der Waals surface area contributed by atoms with Crippen molar-refractivity contribution in [2.75, 3.05) is 19.5 Å². The number of carbonyl (C=O) groups excluding carboxylic acids is 2. The van der Waals surface area contributed by atoms with Crippen LogP contribution in [0.3, 0.4) is 0 Å². The van der Waals surface area contributed by atoms with Crippen LogP contribution in [0.15, 0.2) is 36.4 Å². The predicted molar refractivity (Wildman–Crippen MR) is 130 cm³/mol. The van der Waals surface area contributed by atoms with E-state index in [4.69, 9.17) is 9.47 Å². The Morgan fingerprint density at radius 3 is 2.29 bits per heavy atom. The molecule has 0 heterocycles. The highest BCUT2D eigenvalue weighted by atomic mass is 16.6. The first-order chi connectivity index (χ1) is 15.9. The summed E-state index contributed by atoms with van der Waals surface area (Å²) >= 11 is 0. The number of nitrogens with zero attached hydrogens (tertiary/aromatic N) is 1. The van der Waals surface area contributed by atoms with Gasteiger partial charge in [-0.15, -0.1) is 0 Å². The summed E-state index contributed by atoms with van der Waals surface area (Å²) < 4.78 is 10.5. The third-order valence-corrected chi connectivity index (χ3v) is 5.75. The van der Waals surface area contributed by atoms with Gasteiger partial charge in [0.15, 0.2) is 11.5 Å². The lowest BCUT2D eigenvalue weighted by molar-refractivity contribution is -0.384. The summed E-state index contributed by atoms with van der Waals surface area (Å²) in [6.07, 6.45) is 3.99. The Morgan fingerprint density at radius 1 is 1.03 bits per heavy atom. The molecule has 1 fully saturated rings. The van der Waals surface area contributed by atoms with Gasteiger partial charge in [-0.1, -0.05) is 6.07 Å². The highest BCUT2D eigenvalue weighted by Gasteiger charge is 2.23. The van der Waals surface area contributed by atoms with Crippen molar-refractivity contribution in [2.24, 2.45) is 0 Å². The number of hydrogen-bond acceptors (Lipinski definition) is 7. The van der Waals surface area contributed by atoms with E-state index in [0.717, 1.165) is 37.7 Å². The van der Waals surface area contributed by atoms with Gasteiger partial charge >= 0.3 is 0 Å². The van der Waals surface area contributed by atoms with E-state index < -0.39 is 10.8 Å². The highest BCUT2D eigenvalue weighted by Crippen LogP contribution is 2.29. The molecular weight excluding hydrogens is 460 g/mol. The van der Waals surface area contributed by atoms with Gasteiger partial charge in [0.25, 0.3) is 11.6 Å². The van der Waals surface area contributed by atoms with Gasteiger partial charge in [-0.25, -0.2) is 0 Å². The minimum atomic E-state index is -0.523. The summed E-state index contributed by atoms with van der Waals surface area (Å²) in [6, 6.07) is 9.81. The molecule has 0 spiro atoms. The summed E-state index contributed by atoms with van der Waals surface area (Å²) in [7, 11) is 3.07. The number of amides is 2. The van der Waals surface area contributed by atoms with Crippen LogP contribution in [-0.4, -0.2) is 54.5 Å². The first-order valence-electron chi connectivity index (χ1n) is 10.7. The standard InChI is InChI=1S/C23H28N4O6.2H2O/c1-32-21-10-3-15(11-22(21)33-2)13-24-23(29)19-12-18(27(30)31)8-9-20(19)26-17-6-4-16(5-7-17)25-14-28;;/h3,8-12,14,16-17,26H,4-7,13H2,1-2H3,(H,24,29)(H,25,28);2*1H2. The van der Waals surface area contributed by atoms with E-state index in [9.17, 15) is 19.7 Å². The maximum atomic E-state index is 13.0. The molecule has 0 aliphatic heterocycles. The maximum absolute atomic E-state index is 13.0. The van der Waals surface area contributed by atoms with Crippen LogP contribution in [0.2, 0.25) is 0 Å². The van der Waals surface area contributed by atoms with Crippen LogP contribution in [0.25, 0.3) is 0 Å². The molecule has 7 N–H and O–H groups in total.